The second-order valence-corrected chi connectivity index (χ2v) is 10.7. The first-order chi connectivity index (χ1) is 16.6. The van der Waals surface area contributed by atoms with Gasteiger partial charge < -0.3 is 5.32 Å². The summed E-state index contributed by atoms with van der Waals surface area (Å²) in [5.41, 5.74) is 2.08. The minimum atomic E-state index is -0.524. The van der Waals surface area contributed by atoms with Crippen LogP contribution in [0.2, 0.25) is 0 Å². The Morgan fingerprint density at radius 2 is 1.91 bits per heavy atom. The number of hydrogen-bond acceptors (Lipinski definition) is 6. The van der Waals surface area contributed by atoms with Crippen LogP contribution in [0.5, 0.6) is 0 Å². The van der Waals surface area contributed by atoms with Gasteiger partial charge in [0.05, 0.1) is 26.7 Å². The van der Waals surface area contributed by atoms with E-state index in [1.165, 1.54) is 5.56 Å². The van der Waals surface area contributed by atoms with Crippen molar-refractivity contribution >= 4 is 39.0 Å². The van der Waals surface area contributed by atoms with Crippen molar-refractivity contribution in [2.75, 3.05) is 0 Å². The van der Waals surface area contributed by atoms with Crippen LogP contribution in [0.15, 0.2) is 30.4 Å². The van der Waals surface area contributed by atoms with Crippen LogP contribution in [-0.2, 0) is 20.8 Å². The van der Waals surface area contributed by atoms with E-state index in [9.17, 15) is 14.4 Å². The molecule has 0 spiro atoms. The maximum absolute atomic E-state index is 13.4. The number of nitrogens with zero attached hydrogens (tertiary/aromatic N) is 2. The van der Waals surface area contributed by atoms with Gasteiger partial charge in [0.25, 0.3) is 0 Å². The maximum Gasteiger partial charge on any atom is 0.224 e. The molecule has 7 heteroatoms. The van der Waals surface area contributed by atoms with E-state index in [-0.39, 0.29) is 47.8 Å². The Balaban J connectivity index is 2.21. The number of Topliss-reactive ketones (excluding diaryl/α,β-unsaturated/α-hetero) is 2. The Kier molecular flexibility index (Phi) is 10.8. The molecule has 0 radical (unpaired) electrons. The highest BCUT2D eigenvalue weighted by Crippen LogP contribution is 2.28. The highest BCUT2D eigenvalue weighted by molar-refractivity contribution is 7.18. The van der Waals surface area contributed by atoms with E-state index >= 15 is 0 Å². The van der Waals surface area contributed by atoms with Crippen LogP contribution in [0.4, 0.5) is 0 Å². The summed E-state index contributed by atoms with van der Waals surface area (Å²) in [5, 5.41) is 12.9. The molecule has 0 fully saturated rings. The van der Waals surface area contributed by atoms with Crippen LogP contribution >= 0.6 is 11.3 Å². The van der Waals surface area contributed by atoms with Gasteiger partial charge in [-0.25, -0.2) is 4.98 Å². The van der Waals surface area contributed by atoms with E-state index in [1.807, 2.05) is 19.9 Å². The van der Waals surface area contributed by atoms with E-state index in [1.54, 1.807) is 24.3 Å². The fourth-order valence-corrected chi connectivity index (χ4v) is 5.00. The van der Waals surface area contributed by atoms with E-state index in [2.05, 4.69) is 37.9 Å². The predicted molar refractivity (Wildman–Crippen MR) is 141 cm³/mol. The minimum Gasteiger partial charge on any atom is -0.353 e. The van der Waals surface area contributed by atoms with Crippen molar-refractivity contribution in [3.8, 4) is 6.07 Å². The lowest BCUT2D eigenvalue weighted by atomic mass is 9.91. The van der Waals surface area contributed by atoms with Gasteiger partial charge in [-0.1, -0.05) is 53.7 Å². The number of rotatable bonds is 14. The lowest BCUT2D eigenvalue weighted by Crippen LogP contribution is -2.43. The highest BCUT2D eigenvalue weighted by atomic mass is 32.1. The molecule has 0 aliphatic heterocycles. The number of benzene rings is 1. The first-order valence-electron chi connectivity index (χ1n) is 12.4. The van der Waals surface area contributed by atoms with Gasteiger partial charge in [-0.15, -0.1) is 11.3 Å². The molecule has 2 rings (SSSR count). The largest absolute Gasteiger partial charge is 0.353 e. The van der Waals surface area contributed by atoms with Crippen molar-refractivity contribution in [1.82, 2.24) is 10.3 Å². The Morgan fingerprint density at radius 3 is 2.51 bits per heavy atom. The Labute approximate surface area is 212 Å². The van der Waals surface area contributed by atoms with Gasteiger partial charge in [-0.3, -0.25) is 14.4 Å². The molecule has 35 heavy (non-hydrogen) atoms. The number of allylic oxidation sites excluding steroid dienone is 1. The lowest BCUT2D eigenvalue weighted by molar-refractivity contribution is -0.130. The van der Waals surface area contributed by atoms with E-state index < -0.39 is 5.92 Å². The molecule has 0 aliphatic carbocycles. The third-order valence-corrected chi connectivity index (χ3v) is 7.64. The molecule has 1 amide bonds. The first-order valence-corrected chi connectivity index (χ1v) is 13.2. The SMILES string of the molecule is C=C(C#N)C(=O)CC[C@@H](NC(=O)[C@@H](CC(=O)CC)Cc1nc2ccc(C(C)C)cc2s1)[C@@H](C)CC. The van der Waals surface area contributed by atoms with Crippen LogP contribution in [0.1, 0.15) is 83.2 Å². The van der Waals surface area contributed by atoms with Gasteiger partial charge in [0.1, 0.15) is 11.9 Å². The maximum atomic E-state index is 13.4. The van der Waals surface area contributed by atoms with Crippen molar-refractivity contribution in [2.45, 2.75) is 85.1 Å². The molecule has 6 nitrogen and oxygen atoms in total. The second-order valence-electron chi connectivity index (χ2n) is 9.54. The molecule has 0 bridgehead atoms. The molecular formula is C28H37N3O3S. The molecule has 188 valence electrons. The van der Waals surface area contributed by atoms with Crippen LogP contribution in [0.3, 0.4) is 0 Å². The van der Waals surface area contributed by atoms with Crippen LogP contribution in [0, 0.1) is 23.2 Å². The van der Waals surface area contributed by atoms with Crippen molar-refractivity contribution in [1.29, 1.82) is 5.26 Å². The van der Waals surface area contributed by atoms with Crippen LogP contribution in [-0.4, -0.2) is 28.5 Å². The van der Waals surface area contributed by atoms with Gasteiger partial charge in [0.2, 0.25) is 5.91 Å². The quantitative estimate of drug-likeness (QED) is 0.259. The summed E-state index contributed by atoms with van der Waals surface area (Å²) in [5.74, 6) is -0.423. The number of nitriles is 1. The molecule has 1 N–H and O–H groups in total. The smallest absolute Gasteiger partial charge is 0.224 e. The number of hydrogen-bond donors (Lipinski definition) is 1. The van der Waals surface area contributed by atoms with Gasteiger partial charge in [-0.2, -0.15) is 5.26 Å². The van der Waals surface area contributed by atoms with Gasteiger partial charge in [0, 0.05) is 31.7 Å². The normalized spacial score (nSPS) is 13.7. The molecule has 0 unspecified atom stereocenters. The van der Waals surface area contributed by atoms with Crippen molar-refractivity contribution in [2.24, 2.45) is 11.8 Å². The zero-order valence-electron chi connectivity index (χ0n) is 21.5. The van der Waals surface area contributed by atoms with Gasteiger partial charge in [0.15, 0.2) is 5.78 Å². The summed E-state index contributed by atoms with van der Waals surface area (Å²) in [4.78, 5) is 42.5. The third kappa shape index (κ3) is 8.10. The van der Waals surface area contributed by atoms with Crippen LogP contribution in [0.25, 0.3) is 10.2 Å². The van der Waals surface area contributed by atoms with Gasteiger partial charge >= 0.3 is 0 Å². The summed E-state index contributed by atoms with van der Waals surface area (Å²) < 4.78 is 1.08. The monoisotopic (exact) mass is 495 g/mol. The summed E-state index contributed by atoms with van der Waals surface area (Å²) in [7, 11) is 0. The topological polar surface area (TPSA) is 99.9 Å². The Morgan fingerprint density at radius 1 is 1.20 bits per heavy atom. The predicted octanol–water partition coefficient (Wildman–Crippen LogP) is 5.91. The average molecular weight is 496 g/mol. The van der Waals surface area contributed by atoms with E-state index in [0.717, 1.165) is 21.6 Å². The molecule has 0 saturated carbocycles. The summed E-state index contributed by atoms with van der Waals surface area (Å²) >= 11 is 1.57. The average Bonchev–Trinajstić information content (AvgIpc) is 3.25. The third-order valence-electron chi connectivity index (χ3n) is 6.60. The number of fused-ring (bicyclic) bond motifs is 1. The molecule has 1 aromatic carbocycles. The molecule has 0 saturated heterocycles. The number of carbonyl (C=O) groups is 3. The number of aromatic nitrogens is 1. The highest BCUT2D eigenvalue weighted by Gasteiger charge is 2.27. The lowest BCUT2D eigenvalue weighted by Gasteiger charge is -2.26. The van der Waals surface area contributed by atoms with E-state index in [0.29, 0.717) is 25.2 Å². The van der Waals surface area contributed by atoms with Crippen molar-refractivity contribution in [3.05, 3.63) is 40.9 Å². The minimum absolute atomic E-state index is 0.0361. The number of nitrogens with one attached hydrogen (secondary N) is 1. The Bertz CT molecular complexity index is 1110. The number of carbonyl (C=O) groups excluding carboxylic acids is 3. The summed E-state index contributed by atoms with van der Waals surface area (Å²) in [6.07, 6.45) is 2.33. The number of thiazole rings is 1. The van der Waals surface area contributed by atoms with E-state index in [4.69, 9.17) is 10.2 Å². The fourth-order valence-electron chi connectivity index (χ4n) is 3.91. The number of ketones is 2. The zero-order valence-corrected chi connectivity index (χ0v) is 22.3. The molecule has 1 heterocycles. The summed E-state index contributed by atoms with van der Waals surface area (Å²) in [6, 6.07) is 7.81. The second kappa shape index (κ2) is 13.3. The molecule has 1 aromatic heterocycles. The standard InChI is InChI=1S/C28H37N3O3S/c1-7-18(5)23(11-12-25(33)19(6)16-29)31-28(34)21(13-22(32)8-2)15-27-30-24-10-9-20(17(3)4)14-26(24)35-27/h9-10,14,17-18,21,23H,6-8,11-13,15H2,1-5H3,(H,31,34)/t18-,21-,23+/m0/s1. The van der Waals surface area contributed by atoms with Crippen LogP contribution < -0.4 is 5.32 Å². The fraction of sp³-hybridized carbons (Fsp3) is 0.536. The molecule has 3 atom stereocenters. The van der Waals surface area contributed by atoms with Crippen molar-refractivity contribution < 1.29 is 14.4 Å². The van der Waals surface area contributed by atoms with Gasteiger partial charge in [-0.05, 0) is 36.0 Å². The zero-order chi connectivity index (χ0) is 26.1. The Hall–Kier alpha value is -2.85. The molecule has 2 aromatic rings. The molecular weight excluding hydrogens is 458 g/mol. The first kappa shape index (κ1) is 28.4. The number of amides is 1. The summed E-state index contributed by atoms with van der Waals surface area (Å²) in [6.45, 7) is 13.7. The van der Waals surface area contributed by atoms with Crippen molar-refractivity contribution in [3.63, 3.8) is 0 Å². The molecule has 0 aliphatic rings.